The second kappa shape index (κ2) is 9.97. The zero-order valence-electron chi connectivity index (χ0n) is 22.4. The summed E-state index contributed by atoms with van der Waals surface area (Å²) in [5.41, 5.74) is 5.22. The molecular weight excluding hydrogens is 512 g/mol. The predicted molar refractivity (Wildman–Crippen MR) is 148 cm³/mol. The van der Waals surface area contributed by atoms with Gasteiger partial charge in [-0.2, -0.15) is 0 Å². The van der Waals surface area contributed by atoms with E-state index in [-0.39, 0.29) is 12.5 Å². The molecule has 2 aliphatic rings. The molecular formula is C28H32N8O4. The van der Waals surface area contributed by atoms with Crippen LogP contribution in [0.2, 0.25) is 0 Å². The van der Waals surface area contributed by atoms with Crippen molar-refractivity contribution in [3.05, 3.63) is 48.6 Å². The summed E-state index contributed by atoms with van der Waals surface area (Å²) in [5.74, 6) is 1.28. The first-order valence-electron chi connectivity index (χ1n) is 13.8. The highest BCUT2D eigenvalue weighted by molar-refractivity contribution is 6.02. The van der Waals surface area contributed by atoms with Gasteiger partial charge < -0.3 is 29.7 Å². The maximum Gasteiger partial charge on any atom is 0.140 e. The third kappa shape index (κ3) is 4.06. The molecule has 0 saturated carbocycles. The molecule has 0 aliphatic carbocycles. The maximum absolute atomic E-state index is 10.0. The van der Waals surface area contributed by atoms with Crippen molar-refractivity contribution >= 4 is 44.1 Å². The van der Waals surface area contributed by atoms with E-state index < -0.39 is 12.2 Å². The van der Waals surface area contributed by atoms with Gasteiger partial charge in [0.15, 0.2) is 0 Å². The standard InChI is InChI=1S/2C14H16N4O2/c2*1-8(19)14-17-10-7-16-13-9(4-5-15-13)12(10)18(14)11-3-2-6-20-11/h2*4-5,7-8,11,19H,2-3,6H2,1H3,(H,15,16)/t8-,11+;8-,11-/m11/s1. The number of ether oxygens (including phenoxy) is 2. The Labute approximate surface area is 229 Å². The summed E-state index contributed by atoms with van der Waals surface area (Å²) in [6.07, 6.45) is 9.79. The van der Waals surface area contributed by atoms with Gasteiger partial charge in [-0.1, -0.05) is 0 Å². The quantitative estimate of drug-likeness (QED) is 0.252. The van der Waals surface area contributed by atoms with Gasteiger partial charge in [0.1, 0.15) is 58.6 Å². The Bertz CT molecular complexity index is 1670. The monoisotopic (exact) mass is 544 g/mol. The molecule has 208 valence electrons. The maximum atomic E-state index is 10.0. The number of aromatic nitrogens is 8. The number of hydrogen-bond donors (Lipinski definition) is 4. The summed E-state index contributed by atoms with van der Waals surface area (Å²) < 4.78 is 15.7. The Hall–Kier alpha value is -3.84. The molecule has 0 unspecified atom stereocenters. The fraction of sp³-hybridized carbons (Fsp3) is 0.429. The molecule has 8 rings (SSSR count). The highest BCUT2D eigenvalue weighted by Crippen LogP contribution is 2.35. The van der Waals surface area contributed by atoms with Gasteiger partial charge in [-0.05, 0) is 51.7 Å². The smallest absolute Gasteiger partial charge is 0.140 e. The van der Waals surface area contributed by atoms with Crippen LogP contribution in [0.4, 0.5) is 0 Å². The van der Waals surface area contributed by atoms with Crippen LogP contribution in [-0.4, -0.2) is 62.5 Å². The number of H-pyrrole nitrogens is 2. The van der Waals surface area contributed by atoms with Gasteiger partial charge in [0.2, 0.25) is 0 Å². The lowest BCUT2D eigenvalue weighted by Gasteiger charge is -2.17. The topological polar surface area (TPSA) is 152 Å². The summed E-state index contributed by atoms with van der Waals surface area (Å²) >= 11 is 0. The molecule has 8 heterocycles. The molecule has 0 spiro atoms. The zero-order valence-corrected chi connectivity index (χ0v) is 22.4. The summed E-state index contributed by atoms with van der Waals surface area (Å²) in [4.78, 5) is 24.0. The van der Waals surface area contributed by atoms with Gasteiger partial charge in [0, 0.05) is 36.4 Å². The van der Waals surface area contributed by atoms with E-state index in [9.17, 15) is 10.2 Å². The number of fused-ring (bicyclic) bond motifs is 6. The van der Waals surface area contributed by atoms with Crippen LogP contribution in [0.3, 0.4) is 0 Å². The van der Waals surface area contributed by atoms with Gasteiger partial charge in [-0.15, -0.1) is 0 Å². The van der Waals surface area contributed by atoms with E-state index in [0.717, 1.165) is 83.0 Å². The van der Waals surface area contributed by atoms with Crippen LogP contribution in [0.25, 0.3) is 44.1 Å². The Morgan fingerprint density at radius 1 is 0.775 bits per heavy atom. The number of imidazole rings is 2. The molecule has 6 aromatic rings. The van der Waals surface area contributed by atoms with E-state index in [1.165, 1.54) is 0 Å². The fourth-order valence-electron chi connectivity index (χ4n) is 5.92. The van der Waals surface area contributed by atoms with E-state index >= 15 is 0 Å². The Kier molecular flexibility index (Phi) is 6.27. The molecule has 4 atom stereocenters. The molecule has 2 saturated heterocycles. The van der Waals surface area contributed by atoms with Crippen molar-refractivity contribution in [3.63, 3.8) is 0 Å². The molecule has 0 radical (unpaired) electrons. The van der Waals surface area contributed by atoms with E-state index in [2.05, 4.69) is 29.9 Å². The normalized spacial score (nSPS) is 21.0. The second-order valence-electron chi connectivity index (χ2n) is 10.4. The number of hydrogen-bond acceptors (Lipinski definition) is 8. The highest BCUT2D eigenvalue weighted by atomic mass is 16.5. The predicted octanol–water partition coefficient (Wildman–Crippen LogP) is 4.55. The first-order chi connectivity index (χ1) is 19.5. The van der Waals surface area contributed by atoms with Crippen LogP contribution < -0.4 is 0 Å². The van der Waals surface area contributed by atoms with Crippen LogP contribution in [0.1, 0.15) is 75.8 Å². The Morgan fingerprint density at radius 2 is 1.23 bits per heavy atom. The minimum Gasteiger partial charge on any atom is -0.385 e. The lowest BCUT2D eigenvalue weighted by molar-refractivity contribution is 0.0504. The molecule has 6 aromatic heterocycles. The lowest BCUT2D eigenvalue weighted by atomic mass is 10.2. The number of rotatable bonds is 4. The molecule has 12 heteroatoms. The van der Waals surface area contributed by atoms with Gasteiger partial charge >= 0.3 is 0 Å². The van der Waals surface area contributed by atoms with Crippen LogP contribution in [0, 0.1) is 0 Å². The Balaban J connectivity index is 0.000000132. The largest absolute Gasteiger partial charge is 0.385 e. The molecule has 2 aliphatic heterocycles. The lowest BCUT2D eigenvalue weighted by Crippen LogP contribution is -2.13. The van der Waals surface area contributed by atoms with E-state index in [1.807, 2.05) is 33.7 Å². The van der Waals surface area contributed by atoms with Crippen molar-refractivity contribution in [1.82, 2.24) is 39.0 Å². The van der Waals surface area contributed by atoms with E-state index in [0.29, 0.717) is 11.6 Å². The minimum atomic E-state index is -0.638. The van der Waals surface area contributed by atoms with E-state index in [4.69, 9.17) is 9.47 Å². The van der Waals surface area contributed by atoms with Crippen molar-refractivity contribution in [3.8, 4) is 0 Å². The molecule has 4 N–H and O–H groups in total. The molecule has 40 heavy (non-hydrogen) atoms. The summed E-state index contributed by atoms with van der Waals surface area (Å²) in [5, 5.41) is 22.1. The third-order valence-electron chi connectivity index (χ3n) is 7.66. The fourth-order valence-corrected chi connectivity index (χ4v) is 5.92. The third-order valence-corrected chi connectivity index (χ3v) is 7.66. The molecule has 2 fully saturated rings. The van der Waals surface area contributed by atoms with Crippen molar-refractivity contribution in [2.75, 3.05) is 13.2 Å². The van der Waals surface area contributed by atoms with Crippen molar-refractivity contribution in [2.45, 2.75) is 64.2 Å². The summed E-state index contributed by atoms with van der Waals surface area (Å²) in [7, 11) is 0. The second-order valence-corrected chi connectivity index (χ2v) is 10.4. The number of pyridine rings is 2. The van der Waals surface area contributed by atoms with Crippen LogP contribution >= 0.6 is 0 Å². The van der Waals surface area contributed by atoms with Gasteiger partial charge in [0.05, 0.1) is 23.4 Å². The number of nitrogens with one attached hydrogen (secondary N) is 2. The number of aliphatic hydroxyl groups excluding tert-OH is 2. The molecule has 12 nitrogen and oxygen atoms in total. The van der Waals surface area contributed by atoms with Gasteiger partial charge in [-0.3, -0.25) is 9.13 Å². The molecule has 0 aromatic carbocycles. The number of aromatic amines is 2. The average Bonchev–Trinajstić information content (AvgIpc) is 3.77. The van der Waals surface area contributed by atoms with Crippen LogP contribution in [0.15, 0.2) is 36.9 Å². The van der Waals surface area contributed by atoms with Crippen LogP contribution in [-0.2, 0) is 9.47 Å². The minimum absolute atomic E-state index is 0.0508. The average molecular weight is 545 g/mol. The zero-order chi connectivity index (χ0) is 27.4. The summed E-state index contributed by atoms with van der Waals surface area (Å²) in [6, 6.07) is 3.98. The highest BCUT2D eigenvalue weighted by Gasteiger charge is 2.28. The number of nitrogens with zero attached hydrogens (tertiary/aromatic N) is 6. The van der Waals surface area contributed by atoms with Crippen molar-refractivity contribution in [2.24, 2.45) is 0 Å². The van der Waals surface area contributed by atoms with E-state index in [1.54, 1.807) is 26.2 Å². The van der Waals surface area contributed by atoms with Crippen molar-refractivity contribution in [1.29, 1.82) is 0 Å². The molecule has 0 bridgehead atoms. The SMILES string of the molecule is C[C@@H](O)c1nc2cnc3[nH]ccc3c2n1[C@@H]1CCCO1.C[C@@H](O)c1nc2cnc3[nH]ccc3c2n1[C@H]1CCCO1. The van der Waals surface area contributed by atoms with Crippen LogP contribution in [0.5, 0.6) is 0 Å². The first-order valence-corrected chi connectivity index (χ1v) is 13.8. The Morgan fingerprint density at radius 3 is 1.60 bits per heavy atom. The van der Waals surface area contributed by atoms with Gasteiger partial charge in [-0.25, -0.2) is 19.9 Å². The number of aliphatic hydroxyl groups is 2. The first kappa shape index (κ1) is 25.1. The summed E-state index contributed by atoms with van der Waals surface area (Å²) in [6.45, 7) is 4.97. The molecule has 0 amide bonds. The van der Waals surface area contributed by atoms with Gasteiger partial charge in [0.25, 0.3) is 0 Å². The van der Waals surface area contributed by atoms with Crippen molar-refractivity contribution < 1.29 is 19.7 Å².